The number of hydroxylamine groups is 2. The molecular weight excluding hydrogens is 208 g/mol. The molecule has 1 aromatic carbocycles. The molecule has 1 fully saturated rings. The molecule has 0 atom stereocenters. The number of rotatable bonds is 2. The van der Waals surface area contributed by atoms with E-state index in [0.717, 1.165) is 6.42 Å². The zero-order chi connectivity index (χ0) is 11.5. The zero-order valence-electron chi connectivity index (χ0n) is 8.68. The van der Waals surface area contributed by atoms with Gasteiger partial charge in [-0.15, -0.1) is 0 Å². The first kappa shape index (κ1) is 10.6. The first-order chi connectivity index (χ1) is 7.68. The highest BCUT2D eigenvalue weighted by molar-refractivity contribution is 5.96. The average molecular weight is 220 g/mol. The normalized spacial score (nSPS) is 15.1. The Morgan fingerprint density at radius 2 is 1.81 bits per heavy atom. The van der Waals surface area contributed by atoms with Crippen molar-refractivity contribution >= 4 is 11.8 Å². The van der Waals surface area contributed by atoms with Gasteiger partial charge in [0.2, 0.25) is 5.91 Å². The molecule has 0 unspecified atom stereocenters. The number of nitrogens with two attached hydrogens (primary N) is 1. The van der Waals surface area contributed by atoms with Gasteiger partial charge in [0, 0.05) is 11.1 Å². The van der Waals surface area contributed by atoms with Crippen LogP contribution in [0.1, 0.15) is 27.1 Å². The van der Waals surface area contributed by atoms with Crippen LogP contribution in [0.3, 0.4) is 0 Å². The van der Waals surface area contributed by atoms with Crippen LogP contribution >= 0.6 is 0 Å². The van der Waals surface area contributed by atoms with Gasteiger partial charge in [-0.25, -0.2) is 5.06 Å². The van der Waals surface area contributed by atoms with Crippen LogP contribution in [-0.4, -0.2) is 30.0 Å². The molecule has 1 aliphatic heterocycles. The molecule has 1 aromatic rings. The van der Waals surface area contributed by atoms with Crippen LogP contribution in [0.2, 0.25) is 0 Å². The van der Waals surface area contributed by atoms with Gasteiger partial charge in [-0.05, 0) is 30.7 Å². The van der Waals surface area contributed by atoms with Crippen LogP contribution in [0.25, 0.3) is 0 Å². The maximum absolute atomic E-state index is 11.8. The van der Waals surface area contributed by atoms with Gasteiger partial charge in [0.1, 0.15) is 0 Å². The number of carbonyl (C=O) groups excluding carboxylic acids is 2. The summed E-state index contributed by atoms with van der Waals surface area (Å²) in [5, 5.41) is 1.33. The van der Waals surface area contributed by atoms with Gasteiger partial charge >= 0.3 is 0 Å². The lowest BCUT2D eigenvalue weighted by molar-refractivity contribution is -0.0768. The van der Waals surface area contributed by atoms with Crippen molar-refractivity contribution in [2.75, 3.05) is 13.2 Å². The first-order valence-corrected chi connectivity index (χ1v) is 5.03. The summed E-state index contributed by atoms with van der Waals surface area (Å²) < 4.78 is 0. The molecule has 0 spiro atoms. The summed E-state index contributed by atoms with van der Waals surface area (Å²) in [5.41, 5.74) is 5.98. The average Bonchev–Trinajstić information content (AvgIpc) is 2.81. The quantitative estimate of drug-likeness (QED) is 0.791. The second kappa shape index (κ2) is 4.32. The number of primary amides is 1. The van der Waals surface area contributed by atoms with Crippen LogP contribution in [0.4, 0.5) is 0 Å². The largest absolute Gasteiger partial charge is 0.366 e. The van der Waals surface area contributed by atoms with E-state index in [1.54, 1.807) is 12.1 Å². The predicted octanol–water partition coefficient (Wildman–Crippen LogP) is 0.563. The maximum Gasteiger partial charge on any atom is 0.277 e. The van der Waals surface area contributed by atoms with E-state index in [1.807, 2.05) is 0 Å². The predicted molar refractivity (Wildman–Crippen MR) is 56.6 cm³/mol. The van der Waals surface area contributed by atoms with Crippen LogP contribution in [0.5, 0.6) is 0 Å². The lowest BCUT2D eigenvalue weighted by atomic mass is 10.1. The highest BCUT2D eigenvalue weighted by Gasteiger charge is 2.20. The van der Waals surface area contributed by atoms with Gasteiger partial charge in [-0.1, -0.05) is 0 Å². The Kier molecular flexibility index (Phi) is 2.87. The second-order valence-electron chi connectivity index (χ2n) is 3.54. The van der Waals surface area contributed by atoms with E-state index in [2.05, 4.69) is 0 Å². The topological polar surface area (TPSA) is 72.6 Å². The molecule has 1 heterocycles. The fourth-order valence-electron chi connectivity index (χ4n) is 1.53. The Hall–Kier alpha value is -1.88. The molecule has 1 saturated heterocycles. The van der Waals surface area contributed by atoms with E-state index in [9.17, 15) is 9.59 Å². The van der Waals surface area contributed by atoms with Crippen LogP contribution < -0.4 is 5.73 Å². The van der Waals surface area contributed by atoms with E-state index in [4.69, 9.17) is 10.6 Å². The van der Waals surface area contributed by atoms with E-state index in [0.29, 0.717) is 24.3 Å². The van der Waals surface area contributed by atoms with E-state index in [1.165, 1.54) is 17.2 Å². The minimum Gasteiger partial charge on any atom is -0.366 e. The molecule has 2 amide bonds. The Morgan fingerprint density at radius 3 is 2.31 bits per heavy atom. The molecule has 5 nitrogen and oxygen atoms in total. The molecule has 0 saturated carbocycles. The summed E-state index contributed by atoms with van der Waals surface area (Å²) in [5.74, 6) is -0.690. The Bertz CT molecular complexity index is 408. The maximum atomic E-state index is 11.8. The van der Waals surface area contributed by atoms with Crippen molar-refractivity contribution < 1.29 is 14.4 Å². The third-order valence-corrected chi connectivity index (χ3v) is 2.40. The smallest absolute Gasteiger partial charge is 0.277 e. The highest BCUT2D eigenvalue weighted by Crippen LogP contribution is 2.12. The SMILES string of the molecule is NC(=O)c1ccc(C(=O)N2CCCO2)cc1. The molecule has 84 valence electrons. The molecular formula is C11H12N2O3. The molecule has 5 heteroatoms. The third-order valence-electron chi connectivity index (χ3n) is 2.40. The van der Waals surface area contributed by atoms with Crippen LogP contribution in [0.15, 0.2) is 24.3 Å². The van der Waals surface area contributed by atoms with Gasteiger partial charge < -0.3 is 5.73 Å². The van der Waals surface area contributed by atoms with Crippen molar-refractivity contribution in [2.24, 2.45) is 5.73 Å². The van der Waals surface area contributed by atoms with E-state index in [-0.39, 0.29) is 5.91 Å². The van der Waals surface area contributed by atoms with E-state index < -0.39 is 5.91 Å². The summed E-state index contributed by atoms with van der Waals surface area (Å²) in [6, 6.07) is 6.21. The molecule has 0 aliphatic carbocycles. The number of amides is 2. The van der Waals surface area contributed by atoms with Gasteiger partial charge in [0.15, 0.2) is 0 Å². The number of benzene rings is 1. The van der Waals surface area contributed by atoms with Crippen molar-refractivity contribution in [2.45, 2.75) is 6.42 Å². The molecule has 1 aliphatic rings. The van der Waals surface area contributed by atoms with Gasteiger partial charge in [-0.3, -0.25) is 14.4 Å². The highest BCUT2D eigenvalue weighted by atomic mass is 16.7. The van der Waals surface area contributed by atoms with Crippen LogP contribution in [0, 0.1) is 0 Å². The molecule has 0 bridgehead atoms. The molecule has 0 aromatic heterocycles. The van der Waals surface area contributed by atoms with Gasteiger partial charge in [0.05, 0.1) is 13.2 Å². The first-order valence-electron chi connectivity index (χ1n) is 5.03. The lowest BCUT2D eigenvalue weighted by Gasteiger charge is -2.13. The lowest BCUT2D eigenvalue weighted by Crippen LogP contribution is -2.26. The minimum atomic E-state index is -0.503. The van der Waals surface area contributed by atoms with Crippen molar-refractivity contribution in [3.63, 3.8) is 0 Å². The van der Waals surface area contributed by atoms with Gasteiger partial charge in [0.25, 0.3) is 5.91 Å². The monoisotopic (exact) mass is 220 g/mol. The summed E-state index contributed by atoms with van der Waals surface area (Å²) >= 11 is 0. The van der Waals surface area contributed by atoms with Crippen LogP contribution in [-0.2, 0) is 4.84 Å². The summed E-state index contributed by atoms with van der Waals surface area (Å²) in [7, 11) is 0. The van der Waals surface area contributed by atoms with E-state index >= 15 is 0 Å². The molecule has 2 rings (SSSR count). The van der Waals surface area contributed by atoms with Crippen molar-refractivity contribution in [3.8, 4) is 0 Å². The third kappa shape index (κ3) is 2.04. The fourth-order valence-corrected chi connectivity index (χ4v) is 1.53. The fraction of sp³-hybridized carbons (Fsp3) is 0.273. The Balaban J connectivity index is 2.14. The Morgan fingerprint density at radius 1 is 1.19 bits per heavy atom. The standard InChI is InChI=1S/C11H12N2O3/c12-10(14)8-2-4-9(5-3-8)11(15)13-6-1-7-16-13/h2-5H,1,6-7H2,(H2,12,14). The Labute approximate surface area is 92.7 Å². The number of carbonyl (C=O) groups is 2. The van der Waals surface area contributed by atoms with Crippen molar-refractivity contribution in [1.82, 2.24) is 5.06 Å². The molecule has 0 radical (unpaired) electrons. The molecule has 2 N–H and O–H groups in total. The minimum absolute atomic E-state index is 0.187. The number of nitrogens with zero attached hydrogens (tertiary/aromatic N) is 1. The number of hydrogen-bond acceptors (Lipinski definition) is 3. The van der Waals surface area contributed by atoms with Gasteiger partial charge in [-0.2, -0.15) is 0 Å². The summed E-state index contributed by atoms with van der Waals surface area (Å²) in [6.07, 6.45) is 0.852. The van der Waals surface area contributed by atoms with Crippen molar-refractivity contribution in [1.29, 1.82) is 0 Å². The summed E-state index contributed by atoms with van der Waals surface area (Å²) in [4.78, 5) is 27.8. The van der Waals surface area contributed by atoms with Crippen molar-refractivity contribution in [3.05, 3.63) is 35.4 Å². The summed E-state index contributed by atoms with van der Waals surface area (Å²) in [6.45, 7) is 1.18. The molecule has 16 heavy (non-hydrogen) atoms. The number of hydrogen-bond donors (Lipinski definition) is 1. The zero-order valence-corrected chi connectivity index (χ0v) is 8.68. The second-order valence-corrected chi connectivity index (χ2v) is 3.54.